The second-order valence-electron chi connectivity index (χ2n) is 5.09. The molecule has 0 bridgehead atoms. The van der Waals surface area contributed by atoms with Crippen molar-refractivity contribution < 1.29 is 18.3 Å². The summed E-state index contributed by atoms with van der Waals surface area (Å²) in [5.74, 6) is -1.05. The van der Waals surface area contributed by atoms with Gasteiger partial charge in [0, 0.05) is 5.54 Å². The molecule has 18 heavy (non-hydrogen) atoms. The molecule has 0 spiro atoms. The lowest BCUT2D eigenvalue weighted by atomic mass is 9.75. The fraction of sp³-hybridized carbons (Fsp3) is 0.545. The van der Waals surface area contributed by atoms with Crippen LogP contribution in [0.1, 0.15) is 27.7 Å². The molecule has 0 aliphatic rings. The van der Waals surface area contributed by atoms with Crippen molar-refractivity contribution in [2.45, 2.75) is 37.4 Å². The molecule has 0 unspecified atom stereocenters. The van der Waals surface area contributed by atoms with E-state index in [2.05, 4.69) is 4.72 Å². The number of aliphatic carboxylic acids is 1. The predicted molar refractivity (Wildman–Crippen MR) is 70.1 cm³/mol. The topological polar surface area (TPSA) is 83.5 Å². The van der Waals surface area contributed by atoms with Crippen LogP contribution in [0.3, 0.4) is 0 Å². The molecule has 7 heteroatoms. The van der Waals surface area contributed by atoms with E-state index in [4.69, 9.17) is 0 Å². The van der Waals surface area contributed by atoms with E-state index < -0.39 is 26.9 Å². The molecule has 2 N–H and O–H groups in total. The van der Waals surface area contributed by atoms with Gasteiger partial charge in [0.2, 0.25) is 0 Å². The van der Waals surface area contributed by atoms with E-state index in [0.29, 0.717) is 0 Å². The summed E-state index contributed by atoms with van der Waals surface area (Å²) in [7, 11) is -3.69. The van der Waals surface area contributed by atoms with Crippen LogP contribution in [-0.2, 0) is 14.8 Å². The molecule has 1 rings (SSSR count). The van der Waals surface area contributed by atoms with Crippen LogP contribution in [0.4, 0.5) is 0 Å². The number of carboxylic acid groups (broad SMARTS) is 1. The summed E-state index contributed by atoms with van der Waals surface area (Å²) < 4.78 is 26.8. The molecule has 0 saturated heterocycles. The van der Waals surface area contributed by atoms with Crippen LogP contribution in [0.2, 0.25) is 0 Å². The van der Waals surface area contributed by atoms with Gasteiger partial charge in [0.25, 0.3) is 10.0 Å². The summed E-state index contributed by atoms with van der Waals surface area (Å²) in [6.45, 7) is 6.11. The van der Waals surface area contributed by atoms with Gasteiger partial charge in [-0.25, -0.2) is 13.1 Å². The lowest BCUT2D eigenvalue weighted by Crippen LogP contribution is -2.56. The SMILES string of the molecule is CC(C)(NS(=O)(=O)c1cccs1)C(C)(C)C(=O)O. The Bertz CT molecular complexity index is 529. The summed E-state index contributed by atoms with van der Waals surface area (Å²) in [5, 5.41) is 10.8. The summed E-state index contributed by atoms with van der Waals surface area (Å²) in [6, 6.07) is 3.12. The number of hydrogen-bond acceptors (Lipinski definition) is 4. The molecular weight excluding hydrogens is 274 g/mol. The van der Waals surface area contributed by atoms with Crippen molar-refractivity contribution in [3.63, 3.8) is 0 Å². The predicted octanol–water partition coefficient (Wildman–Crippen LogP) is 1.92. The maximum atomic E-state index is 12.1. The van der Waals surface area contributed by atoms with E-state index in [0.717, 1.165) is 11.3 Å². The van der Waals surface area contributed by atoms with Crippen molar-refractivity contribution in [2.24, 2.45) is 5.41 Å². The van der Waals surface area contributed by atoms with E-state index >= 15 is 0 Å². The van der Waals surface area contributed by atoms with Gasteiger partial charge in [0.1, 0.15) is 4.21 Å². The molecular formula is C11H17NO4S2. The van der Waals surface area contributed by atoms with Crippen LogP contribution in [0, 0.1) is 5.41 Å². The highest BCUT2D eigenvalue weighted by atomic mass is 32.2. The van der Waals surface area contributed by atoms with Crippen molar-refractivity contribution in [2.75, 3.05) is 0 Å². The molecule has 5 nitrogen and oxygen atoms in total. The summed E-state index contributed by atoms with van der Waals surface area (Å²) >= 11 is 1.09. The largest absolute Gasteiger partial charge is 0.481 e. The molecule has 0 amide bonds. The minimum Gasteiger partial charge on any atom is -0.481 e. The molecule has 0 atom stereocenters. The summed E-state index contributed by atoms with van der Waals surface area (Å²) in [5.41, 5.74) is -2.33. The highest BCUT2D eigenvalue weighted by Crippen LogP contribution is 2.32. The first-order valence-electron chi connectivity index (χ1n) is 5.31. The van der Waals surface area contributed by atoms with Crippen molar-refractivity contribution in [1.82, 2.24) is 4.72 Å². The standard InChI is InChI=1S/C11H17NO4S2/c1-10(2,9(13)14)11(3,4)12-18(15,16)8-6-5-7-17-8/h5-7,12H,1-4H3,(H,13,14). The van der Waals surface area contributed by atoms with Gasteiger partial charge in [0.05, 0.1) is 5.41 Å². The van der Waals surface area contributed by atoms with Crippen LogP contribution < -0.4 is 4.72 Å². The summed E-state index contributed by atoms with van der Waals surface area (Å²) in [4.78, 5) is 11.2. The van der Waals surface area contributed by atoms with Crippen LogP contribution in [-0.4, -0.2) is 25.0 Å². The van der Waals surface area contributed by atoms with Gasteiger partial charge < -0.3 is 5.11 Å². The average Bonchev–Trinajstić information content (AvgIpc) is 2.68. The number of hydrogen-bond donors (Lipinski definition) is 2. The molecule has 1 heterocycles. The van der Waals surface area contributed by atoms with Crippen LogP contribution in [0.15, 0.2) is 21.7 Å². The number of sulfonamides is 1. The fourth-order valence-corrected chi connectivity index (χ4v) is 3.73. The monoisotopic (exact) mass is 291 g/mol. The maximum Gasteiger partial charge on any atom is 0.310 e. The van der Waals surface area contributed by atoms with E-state index in [-0.39, 0.29) is 4.21 Å². The highest BCUT2D eigenvalue weighted by molar-refractivity contribution is 7.91. The lowest BCUT2D eigenvalue weighted by Gasteiger charge is -2.38. The Morgan fingerprint density at radius 1 is 1.33 bits per heavy atom. The molecule has 0 aliphatic carbocycles. The Morgan fingerprint density at radius 3 is 2.28 bits per heavy atom. The van der Waals surface area contributed by atoms with Gasteiger partial charge in [0.15, 0.2) is 0 Å². The van der Waals surface area contributed by atoms with Crippen LogP contribution in [0.25, 0.3) is 0 Å². The molecule has 1 aromatic heterocycles. The second-order valence-corrected chi connectivity index (χ2v) is 7.95. The minimum atomic E-state index is -3.69. The van der Waals surface area contributed by atoms with Crippen molar-refractivity contribution in [3.05, 3.63) is 17.5 Å². The number of carboxylic acids is 1. The van der Waals surface area contributed by atoms with Crippen LogP contribution in [0.5, 0.6) is 0 Å². The van der Waals surface area contributed by atoms with E-state index in [1.165, 1.54) is 19.9 Å². The van der Waals surface area contributed by atoms with Gasteiger partial charge in [-0.1, -0.05) is 6.07 Å². The zero-order valence-corrected chi connectivity index (χ0v) is 12.4. The Labute approximate surface area is 111 Å². The van der Waals surface area contributed by atoms with Crippen molar-refractivity contribution in [3.8, 4) is 0 Å². The average molecular weight is 291 g/mol. The third-order valence-corrected chi connectivity index (χ3v) is 6.30. The molecule has 0 aromatic carbocycles. The molecule has 0 saturated carbocycles. The highest BCUT2D eigenvalue weighted by Gasteiger charge is 2.46. The van der Waals surface area contributed by atoms with Crippen molar-refractivity contribution >= 4 is 27.3 Å². The molecule has 0 radical (unpaired) electrons. The van der Waals surface area contributed by atoms with E-state index in [1.807, 2.05) is 0 Å². The fourth-order valence-electron chi connectivity index (χ4n) is 1.20. The Hall–Kier alpha value is -0.920. The molecule has 102 valence electrons. The first-order chi connectivity index (χ1) is 8.01. The van der Waals surface area contributed by atoms with Gasteiger partial charge in [-0.05, 0) is 39.1 Å². The Balaban J connectivity index is 3.08. The quantitative estimate of drug-likeness (QED) is 0.868. The van der Waals surface area contributed by atoms with Crippen molar-refractivity contribution in [1.29, 1.82) is 0 Å². The van der Waals surface area contributed by atoms with E-state index in [9.17, 15) is 18.3 Å². The maximum absolute atomic E-state index is 12.1. The van der Waals surface area contributed by atoms with E-state index in [1.54, 1.807) is 25.3 Å². The number of nitrogens with one attached hydrogen (secondary N) is 1. The zero-order chi connectivity index (χ0) is 14.2. The molecule has 0 aliphatic heterocycles. The number of rotatable bonds is 5. The first kappa shape index (κ1) is 15.1. The lowest BCUT2D eigenvalue weighted by molar-refractivity contribution is -0.150. The third kappa shape index (κ3) is 2.73. The first-order valence-corrected chi connectivity index (χ1v) is 7.68. The zero-order valence-electron chi connectivity index (χ0n) is 10.7. The van der Waals surface area contributed by atoms with Gasteiger partial charge in [-0.15, -0.1) is 11.3 Å². The minimum absolute atomic E-state index is 0.178. The Kier molecular flexibility index (Phi) is 3.90. The smallest absolute Gasteiger partial charge is 0.310 e. The number of carbonyl (C=O) groups is 1. The second kappa shape index (κ2) is 4.64. The summed E-state index contributed by atoms with van der Waals surface area (Å²) in [6.07, 6.45) is 0. The Morgan fingerprint density at radius 2 is 1.89 bits per heavy atom. The number of thiophene rings is 1. The van der Waals surface area contributed by atoms with Gasteiger partial charge >= 0.3 is 5.97 Å². The van der Waals surface area contributed by atoms with Crippen LogP contribution >= 0.6 is 11.3 Å². The van der Waals surface area contributed by atoms with Gasteiger partial charge in [-0.3, -0.25) is 4.79 Å². The third-order valence-electron chi connectivity index (χ3n) is 3.25. The normalized spacial score (nSPS) is 13.6. The van der Waals surface area contributed by atoms with Gasteiger partial charge in [-0.2, -0.15) is 0 Å². The molecule has 1 aromatic rings. The molecule has 0 fully saturated rings.